The van der Waals surface area contributed by atoms with Gasteiger partial charge in [0.05, 0.1) is 18.0 Å². The number of nitrogens with one attached hydrogen (secondary N) is 1. The predicted octanol–water partition coefficient (Wildman–Crippen LogP) is 3.12. The highest BCUT2D eigenvalue weighted by Crippen LogP contribution is 2.36. The molecular formula is C17H23BrN4O4S. The number of rotatable bonds is 6. The molecule has 0 aromatic heterocycles. The number of carbonyl (C=O) groups is 1. The normalized spacial score (nSPS) is 18.1. The number of hydrogen-bond donors (Lipinski definition) is 2. The van der Waals surface area contributed by atoms with Crippen molar-refractivity contribution in [2.45, 2.75) is 38.2 Å². The Morgan fingerprint density at radius 2 is 2.30 bits per heavy atom. The molecule has 1 unspecified atom stereocenters. The standard InChI is InChI=1S/C17H22N4O4S.BrH/c1-2-25-16(22)8-13-10-26-17(18)20(13)9-11-6-12(21(23)24)7-15-14(11)4-3-5-19-15;/h6-7,10,17,19H,2-5,8-9,18H2,1H3;1H. The summed E-state index contributed by atoms with van der Waals surface area (Å²) >= 11 is 1.43. The summed E-state index contributed by atoms with van der Waals surface area (Å²) in [5, 5.41) is 16.4. The maximum Gasteiger partial charge on any atom is 0.311 e. The molecule has 0 aliphatic carbocycles. The van der Waals surface area contributed by atoms with Gasteiger partial charge in [-0.05, 0) is 36.3 Å². The molecule has 2 aliphatic heterocycles. The first-order valence-electron chi connectivity index (χ1n) is 8.56. The van der Waals surface area contributed by atoms with E-state index in [1.54, 1.807) is 19.1 Å². The second-order valence-corrected chi connectivity index (χ2v) is 7.15. The van der Waals surface area contributed by atoms with Crippen molar-refractivity contribution in [3.63, 3.8) is 0 Å². The van der Waals surface area contributed by atoms with Gasteiger partial charge in [-0.1, -0.05) is 11.8 Å². The zero-order valence-corrected chi connectivity index (χ0v) is 17.5. The molecule has 10 heteroatoms. The molecule has 1 aromatic carbocycles. The van der Waals surface area contributed by atoms with E-state index in [1.807, 2.05) is 10.3 Å². The number of nitro groups is 1. The summed E-state index contributed by atoms with van der Waals surface area (Å²) in [4.78, 5) is 24.7. The van der Waals surface area contributed by atoms with Crippen LogP contribution in [-0.4, -0.2) is 34.4 Å². The van der Waals surface area contributed by atoms with Crippen molar-refractivity contribution in [3.8, 4) is 0 Å². The second kappa shape index (κ2) is 9.43. The Kier molecular flexibility index (Phi) is 7.51. The number of hydrogen-bond acceptors (Lipinski definition) is 8. The fraction of sp³-hybridized carbons (Fsp3) is 0.471. The van der Waals surface area contributed by atoms with Crippen LogP contribution >= 0.6 is 28.7 Å². The Hall–Kier alpha value is -1.78. The minimum atomic E-state index is -0.381. The number of carbonyl (C=O) groups excluding carboxylic acids is 1. The van der Waals surface area contributed by atoms with Crippen molar-refractivity contribution in [2.75, 3.05) is 18.5 Å². The van der Waals surface area contributed by atoms with E-state index in [4.69, 9.17) is 10.5 Å². The summed E-state index contributed by atoms with van der Waals surface area (Å²) in [6.45, 7) is 3.32. The van der Waals surface area contributed by atoms with Gasteiger partial charge in [-0.15, -0.1) is 17.0 Å². The Morgan fingerprint density at radius 1 is 1.52 bits per heavy atom. The molecular weight excluding hydrogens is 436 g/mol. The van der Waals surface area contributed by atoms with Gasteiger partial charge in [0, 0.05) is 36.6 Å². The molecule has 2 aliphatic rings. The van der Waals surface area contributed by atoms with Crippen molar-refractivity contribution >= 4 is 46.1 Å². The lowest BCUT2D eigenvalue weighted by Crippen LogP contribution is -2.36. The Bertz CT molecular complexity index is 759. The van der Waals surface area contributed by atoms with E-state index in [9.17, 15) is 14.9 Å². The van der Waals surface area contributed by atoms with Crippen molar-refractivity contribution in [2.24, 2.45) is 5.73 Å². The van der Waals surface area contributed by atoms with E-state index in [-0.39, 0.29) is 45.5 Å². The minimum Gasteiger partial charge on any atom is -0.466 e. The summed E-state index contributed by atoms with van der Waals surface area (Å²) in [6, 6.07) is 3.20. The number of benzene rings is 1. The molecule has 0 fully saturated rings. The van der Waals surface area contributed by atoms with E-state index in [2.05, 4.69) is 5.32 Å². The molecule has 27 heavy (non-hydrogen) atoms. The summed E-state index contributed by atoms with van der Waals surface area (Å²) in [6.07, 6.45) is 1.98. The predicted molar refractivity (Wildman–Crippen MR) is 111 cm³/mol. The van der Waals surface area contributed by atoms with Gasteiger partial charge in [-0.25, -0.2) is 0 Å². The lowest BCUT2D eigenvalue weighted by Gasteiger charge is -2.29. The Morgan fingerprint density at radius 3 is 3.00 bits per heavy atom. The molecule has 0 amide bonds. The van der Waals surface area contributed by atoms with Crippen LogP contribution in [0.4, 0.5) is 11.4 Å². The number of halogens is 1. The van der Waals surface area contributed by atoms with E-state index in [0.717, 1.165) is 41.9 Å². The molecule has 8 nitrogen and oxygen atoms in total. The molecule has 0 saturated carbocycles. The lowest BCUT2D eigenvalue weighted by molar-refractivity contribution is -0.384. The first kappa shape index (κ1) is 21.5. The van der Waals surface area contributed by atoms with Crippen LogP contribution in [0, 0.1) is 10.1 Å². The number of ether oxygens (including phenoxy) is 1. The van der Waals surface area contributed by atoms with E-state index >= 15 is 0 Å². The molecule has 0 saturated heterocycles. The van der Waals surface area contributed by atoms with Crippen LogP contribution in [0.3, 0.4) is 0 Å². The smallest absolute Gasteiger partial charge is 0.311 e. The summed E-state index contributed by atoms with van der Waals surface area (Å²) in [5.74, 6) is -0.304. The number of nitro benzene ring substituents is 1. The maximum atomic E-state index is 11.8. The van der Waals surface area contributed by atoms with Crippen LogP contribution in [0.5, 0.6) is 0 Å². The maximum absolute atomic E-state index is 11.8. The second-order valence-electron chi connectivity index (χ2n) is 6.16. The first-order valence-corrected chi connectivity index (χ1v) is 9.50. The van der Waals surface area contributed by atoms with Crippen molar-refractivity contribution < 1.29 is 14.5 Å². The largest absolute Gasteiger partial charge is 0.466 e. The minimum absolute atomic E-state index is 0. The van der Waals surface area contributed by atoms with Crippen molar-refractivity contribution in [1.29, 1.82) is 0 Å². The average molecular weight is 459 g/mol. The summed E-state index contributed by atoms with van der Waals surface area (Å²) < 4.78 is 5.02. The van der Waals surface area contributed by atoms with Crippen LogP contribution in [0.15, 0.2) is 23.2 Å². The Balaban J connectivity index is 0.00000261. The molecule has 0 bridgehead atoms. The highest BCUT2D eigenvalue weighted by atomic mass is 79.9. The van der Waals surface area contributed by atoms with Gasteiger partial charge in [-0.3, -0.25) is 14.9 Å². The molecule has 1 aromatic rings. The molecule has 3 N–H and O–H groups in total. The van der Waals surface area contributed by atoms with Gasteiger partial charge in [0.25, 0.3) is 5.69 Å². The van der Waals surface area contributed by atoms with Crippen molar-refractivity contribution in [3.05, 3.63) is 44.5 Å². The van der Waals surface area contributed by atoms with E-state index in [0.29, 0.717) is 13.2 Å². The topological polar surface area (TPSA) is 111 Å². The van der Waals surface area contributed by atoms with Gasteiger partial charge in [-0.2, -0.15) is 0 Å². The monoisotopic (exact) mass is 458 g/mol. The first-order chi connectivity index (χ1) is 12.5. The number of fused-ring (bicyclic) bond motifs is 1. The number of thioether (sulfide) groups is 1. The SMILES string of the molecule is Br.CCOC(=O)CC1=CSC(N)N1Cc1cc([N+](=O)[O-])cc2c1CCCN2. The van der Waals surface area contributed by atoms with Crippen LogP contribution in [0.25, 0.3) is 0 Å². The van der Waals surface area contributed by atoms with Crippen LogP contribution in [0.1, 0.15) is 30.9 Å². The van der Waals surface area contributed by atoms with Gasteiger partial charge in [0.2, 0.25) is 0 Å². The highest BCUT2D eigenvalue weighted by Gasteiger charge is 2.28. The third kappa shape index (κ3) is 4.94. The average Bonchev–Trinajstić information content (AvgIpc) is 2.95. The van der Waals surface area contributed by atoms with Crippen LogP contribution < -0.4 is 11.1 Å². The summed E-state index contributed by atoms with van der Waals surface area (Å²) in [5.41, 5.74) is 9.46. The van der Waals surface area contributed by atoms with Gasteiger partial charge in [0.1, 0.15) is 5.50 Å². The fourth-order valence-corrected chi connectivity index (χ4v) is 4.11. The molecule has 0 spiro atoms. The van der Waals surface area contributed by atoms with Gasteiger partial charge in [0.15, 0.2) is 0 Å². The molecule has 148 valence electrons. The molecule has 0 radical (unpaired) electrons. The molecule has 1 atom stereocenters. The number of anilines is 1. The van der Waals surface area contributed by atoms with Crippen molar-refractivity contribution in [1.82, 2.24) is 4.90 Å². The fourth-order valence-electron chi connectivity index (χ4n) is 3.23. The zero-order valence-electron chi connectivity index (χ0n) is 15.0. The lowest BCUT2D eigenvalue weighted by atomic mass is 9.96. The number of non-ortho nitro benzene ring substituents is 1. The molecule has 3 rings (SSSR count). The van der Waals surface area contributed by atoms with Crippen LogP contribution in [0.2, 0.25) is 0 Å². The third-order valence-electron chi connectivity index (χ3n) is 4.45. The summed E-state index contributed by atoms with van der Waals surface area (Å²) in [7, 11) is 0. The number of nitrogens with two attached hydrogens (primary N) is 1. The van der Waals surface area contributed by atoms with E-state index < -0.39 is 0 Å². The third-order valence-corrected chi connectivity index (χ3v) is 5.39. The number of nitrogens with zero attached hydrogens (tertiary/aromatic N) is 2. The van der Waals surface area contributed by atoms with E-state index in [1.165, 1.54) is 11.8 Å². The zero-order chi connectivity index (χ0) is 18.7. The highest BCUT2D eigenvalue weighted by molar-refractivity contribution is 8.93. The quantitative estimate of drug-likeness (QED) is 0.379. The van der Waals surface area contributed by atoms with Gasteiger partial charge < -0.3 is 20.7 Å². The van der Waals surface area contributed by atoms with Crippen LogP contribution in [-0.2, 0) is 22.5 Å². The Labute approximate surface area is 172 Å². The molecule has 2 heterocycles. The van der Waals surface area contributed by atoms with Gasteiger partial charge >= 0.3 is 5.97 Å². The number of esters is 1.